The minimum atomic E-state index is 0.314. The van der Waals surface area contributed by atoms with Gasteiger partial charge in [0.2, 0.25) is 0 Å². The smallest absolute Gasteiger partial charge is 0.140 e. The van der Waals surface area contributed by atoms with Crippen molar-refractivity contribution in [3.8, 4) is 0 Å². The van der Waals surface area contributed by atoms with Crippen molar-refractivity contribution >= 4 is 17.6 Å². The Morgan fingerprint density at radius 1 is 1.53 bits per heavy atom. The molecule has 0 spiro atoms. The summed E-state index contributed by atoms with van der Waals surface area (Å²) in [4.78, 5) is 0. The summed E-state index contributed by atoms with van der Waals surface area (Å²) >= 11 is 1.86. The molecule has 3 nitrogen and oxygen atoms in total. The van der Waals surface area contributed by atoms with Crippen LogP contribution in [0, 0.1) is 6.92 Å². The molecule has 4 heteroatoms. The Morgan fingerprint density at radius 2 is 2.29 bits per heavy atom. The minimum Gasteiger partial charge on any atom is -0.409 e. The molecule has 0 bridgehead atoms. The quantitative estimate of drug-likeness (QED) is 0.354. The molecule has 0 aliphatic rings. The van der Waals surface area contributed by atoms with Crippen LogP contribution in [0.3, 0.4) is 0 Å². The summed E-state index contributed by atoms with van der Waals surface area (Å²) in [5.74, 6) is 1.28. The number of benzene rings is 1. The second-order valence-corrected chi connectivity index (χ2v) is 5.41. The Bertz CT molecular complexity index is 379. The zero-order valence-electron chi connectivity index (χ0n) is 10.4. The van der Waals surface area contributed by atoms with Crippen LogP contribution >= 0.6 is 11.8 Å². The maximum absolute atomic E-state index is 8.55. The van der Waals surface area contributed by atoms with E-state index in [4.69, 9.17) is 10.9 Å². The molecule has 0 aliphatic carbocycles. The SMILES string of the molecule is CCC(CC(N)=NO)SCc1cccc(C)c1. The average molecular weight is 252 g/mol. The van der Waals surface area contributed by atoms with Gasteiger partial charge in [0, 0.05) is 17.4 Å². The molecule has 1 aromatic carbocycles. The number of hydrogen-bond donors (Lipinski definition) is 2. The van der Waals surface area contributed by atoms with Crippen LogP contribution < -0.4 is 5.73 Å². The molecule has 0 saturated carbocycles. The first-order valence-corrected chi connectivity index (χ1v) is 6.84. The number of hydrogen-bond acceptors (Lipinski definition) is 3. The summed E-state index contributed by atoms with van der Waals surface area (Å²) in [6, 6.07) is 8.51. The molecule has 0 fully saturated rings. The lowest BCUT2D eigenvalue weighted by Crippen LogP contribution is -2.18. The van der Waals surface area contributed by atoms with E-state index in [1.807, 2.05) is 11.8 Å². The van der Waals surface area contributed by atoms with Crippen molar-refractivity contribution in [2.45, 2.75) is 37.7 Å². The number of oxime groups is 1. The third-order valence-corrected chi connectivity index (χ3v) is 4.06. The van der Waals surface area contributed by atoms with Gasteiger partial charge in [0.1, 0.15) is 5.84 Å². The van der Waals surface area contributed by atoms with E-state index >= 15 is 0 Å². The first-order chi connectivity index (χ1) is 8.15. The van der Waals surface area contributed by atoms with E-state index in [1.165, 1.54) is 11.1 Å². The molecule has 0 aromatic heterocycles. The van der Waals surface area contributed by atoms with Crippen LogP contribution in [-0.4, -0.2) is 16.3 Å². The second-order valence-electron chi connectivity index (χ2n) is 4.13. The number of amidine groups is 1. The van der Waals surface area contributed by atoms with Crippen molar-refractivity contribution in [1.82, 2.24) is 0 Å². The lowest BCUT2D eigenvalue weighted by Gasteiger charge is -2.13. The van der Waals surface area contributed by atoms with Gasteiger partial charge < -0.3 is 10.9 Å². The van der Waals surface area contributed by atoms with Gasteiger partial charge in [0.05, 0.1) is 0 Å². The van der Waals surface area contributed by atoms with E-state index in [9.17, 15) is 0 Å². The topological polar surface area (TPSA) is 58.6 Å². The Morgan fingerprint density at radius 3 is 2.88 bits per heavy atom. The fourth-order valence-corrected chi connectivity index (χ4v) is 2.74. The van der Waals surface area contributed by atoms with Gasteiger partial charge in [-0.25, -0.2) is 0 Å². The van der Waals surface area contributed by atoms with Gasteiger partial charge in [-0.15, -0.1) is 0 Å². The van der Waals surface area contributed by atoms with Crippen molar-refractivity contribution in [2.24, 2.45) is 10.9 Å². The van der Waals surface area contributed by atoms with Crippen LogP contribution in [0.15, 0.2) is 29.4 Å². The molecular weight excluding hydrogens is 232 g/mol. The van der Waals surface area contributed by atoms with E-state index in [-0.39, 0.29) is 0 Å². The van der Waals surface area contributed by atoms with Crippen LogP contribution in [0.25, 0.3) is 0 Å². The fourth-order valence-electron chi connectivity index (χ4n) is 1.61. The minimum absolute atomic E-state index is 0.314. The van der Waals surface area contributed by atoms with Crippen LogP contribution in [-0.2, 0) is 5.75 Å². The molecular formula is C13H20N2OS. The molecule has 0 saturated heterocycles. The molecule has 0 heterocycles. The van der Waals surface area contributed by atoms with Gasteiger partial charge in [0.15, 0.2) is 0 Å². The van der Waals surface area contributed by atoms with Gasteiger partial charge in [-0.1, -0.05) is 41.9 Å². The third-order valence-electron chi connectivity index (χ3n) is 2.59. The molecule has 1 unspecified atom stereocenters. The van der Waals surface area contributed by atoms with E-state index in [1.54, 1.807) is 0 Å². The zero-order valence-corrected chi connectivity index (χ0v) is 11.2. The van der Waals surface area contributed by atoms with Crippen molar-refractivity contribution in [3.63, 3.8) is 0 Å². The largest absolute Gasteiger partial charge is 0.409 e. The van der Waals surface area contributed by atoms with Crippen molar-refractivity contribution in [2.75, 3.05) is 0 Å². The highest BCUT2D eigenvalue weighted by atomic mass is 32.2. The van der Waals surface area contributed by atoms with Gasteiger partial charge in [-0.3, -0.25) is 0 Å². The van der Waals surface area contributed by atoms with E-state index in [2.05, 4.69) is 43.3 Å². The fraction of sp³-hybridized carbons (Fsp3) is 0.462. The van der Waals surface area contributed by atoms with Gasteiger partial charge in [-0.05, 0) is 18.9 Å². The number of thioether (sulfide) groups is 1. The summed E-state index contributed by atoms with van der Waals surface area (Å²) in [6.45, 7) is 4.22. The van der Waals surface area contributed by atoms with Crippen molar-refractivity contribution in [3.05, 3.63) is 35.4 Å². The number of aryl methyl sites for hydroxylation is 1. The number of nitrogens with zero attached hydrogens (tertiary/aromatic N) is 1. The number of rotatable bonds is 6. The Labute approximate surface area is 107 Å². The van der Waals surface area contributed by atoms with Crippen LogP contribution in [0.2, 0.25) is 0 Å². The summed E-state index contributed by atoms with van der Waals surface area (Å²) in [6.07, 6.45) is 1.66. The molecule has 1 atom stereocenters. The van der Waals surface area contributed by atoms with E-state index in [0.29, 0.717) is 17.5 Å². The summed E-state index contributed by atoms with van der Waals surface area (Å²) in [5, 5.41) is 12.0. The summed E-state index contributed by atoms with van der Waals surface area (Å²) in [7, 11) is 0. The Hall–Kier alpha value is -1.16. The van der Waals surface area contributed by atoms with E-state index in [0.717, 1.165) is 12.2 Å². The summed E-state index contributed by atoms with van der Waals surface area (Å²) in [5.41, 5.74) is 8.14. The zero-order chi connectivity index (χ0) is 12.7. The molecule has 3 N–H and O–H groups in total. The average Bonchev–Trinajstić information content (AvgIpc) is 2.34. The van der Waals surface area contributed by atoms with Crippen molar-refractivity contribution < 1.29 is 5.21 Å². The maximum atomic E-state index is 8.55. The van der Waals surface area contributed by atoms with E-state index < -0.39 is 0 Å². The Kier molecular flexibility index (Phi) is 5.91. The normalized spacial score (nSPS) is 13.6. The first kappa shape index (κ1) is 13.9. The van der Waals surface area contributed by atoms with Crippen LogP contribution in [0.4, 0.5) is 0 Å². The second kappa shape index (κ2) is 7.22. The first-order valence-electron chi connectivity index (χ1n) is 5.79. The van der Waals surface area contributed by atoms with Crippen LogP contribution in [0.1, 0.15) is 30.9 Å². The molecule has 1 rings (SSSR count). The molecule has 0 amide bonds. The van der Waals surface area contributed by atoms with Gasteiger partial charge in [-0.2, -0.15) is 11.8 Å². The monoisotopic (exact) mass is 252 g/mol. The van der Waals surface area contributed by atoms with Gasteiger partial charge >= 0.3 is 0 Å². The predicted octanol–water partition coefficient (Wildman–Crippen LogP) is 3.14. The summed E-state index contributed by atoms with van der Waals surface area (Å²) < 4.78 is 0. The highest BCUT2D eigenvalue weighted by Crippen LogP contribution is 2.23. The van der Waals surface area contributed by atoms with Crippen molar-refractivity contribution in [1.29, 1.82) is 0 Å². The Balaban J connectivity index is 2.47. The molecule has 0 aliphatic heterocycles. The maximum Gasteiger partial charge on any atom is 0.140 e. The molecule has 94 valence electrons. The van der Waals surface area contributed by atoms with Crippen LogP contribution in [0.5, 0.6) is 0 Å². The highest BCUT2D eigenvalue weighted by Gasteiger charge is 2.09. The lowest BCUT2D eigenvalue weighted by atomic mass is 10.2. The lowest BCUT2D eigenvalue weighted by molar-refractivity contribution is 0.316. The highest BCUT2D eigenvalue weighted by molar-refractivity contribution is 7.99. The number of nitrogens with two attached hydrogens (primary N) is 1. The molecule has 17 heavy (non-hydrogen) atoms. The predicted molar refractivity (Wildman–Crippen MR) is 74.6 cm³/mol. The standard InChI is InChI=1S/C13H20N2OS/c1-3-12(8-13(14)15-16)17-9-11-6-4-5-10(2)7-11/h4-7,12,16H,3,8-9H2,1-2H3,(H2,14,15). The third kappa shape index (κ3) is 5.13. The molecule has 1 aromatic rings. The van der Waals surface area contributed by atoms with Gasteiger partial charge in [0.25, 0.3) is 0 Å². The molecule has 0 radical (unpaired) electrons.